The standard InChI is InChI=1S/C20H26N8O/c1-4-15-12(2)25-28-18(21)17(22-3)19(24-20(15)28)23-9-7-14-8-10-27(26-14)16-6-5-13(16)11-29/h8,10,13,16,29H,4-7,9,11,21H2,1-2H3,(H,23,24). The van der Waals surface area contributed by atoms with Crippen molar-refractivity contribution in [3.8, 4) is 0 Å². The molecule has 2 atom stereocenters. The van der Waals surface area contributed by atoms with Crippen LogP contribution >= 0.6 is 0 Å². The molecule has 3 aromatic heterocycles. The van der Waals surface area contributed by atoms with Gasteiger partial charge in [0.2, 0.25) is 0 Å². The lowest BCUT2D eigenvalue weighted by Crippen LogP contribution is -2.31. The molecule has 0 saturated heterocycles. The van der Waals surface area contributed by atoms with Gasteiger partial charge in [-0.25, -0.2) is 14.3 Å². The molecule has 0 aromatic carbocycles. The normalized spacial score (nSPS) is 18.6. The Morgan fingerprint density at radius 3 is 2.86 bits per heavy atom. The fraction of sp³-hybridized carbons (Fsp3) is 0.500. The predicted octanol–water partition coefficient (Wildman–Crippen LogP) is 2.53. The summed E-state index contributed by atoms with van der Waals surface area (Å²) in [5.41, 5.74) is 10.1. The molecule has 2 unspecified atom stereocenters. The minimum Gasteiger partial charge on any atom is -0.396 e. The van der Waals surface area contributed by atoms with Crippen LogP contribution in [0.5, 0.6) is 0 Å². The largest absolute Gasteiger partial charge is 0.396 e. The van der Waals surface area contributed by atoms with Crippen molar-refractivity contribution in [2.24, 2.45) is 5.92 Å². The number of fused-ring (bicyclic) bond motifs is 1. The molecule has 29 heavy (non-hydrogen) atoms. The van der Waals surface area contributed by atoms with Crippen LogP contribution in [0.2, 0.25) is 0 Å². The van der Waals surface area contributed by atoms with Gasteiger partial charge in [-0.1, -0.05) is 6.92 Å². The quantitative estimate of drug-likeness (QED) is 0.531. The fourth-order valence-corrected chi connectivity index (χ4v) is 3.98. The van der Waals surface area contributed by atoms with Gasteiger partial charge in [0.05, 0.1) is 24.0 Å². The highest BCUT2D eigenvalue weighted by molar-refractivity contribution is 5.80. The van der Waals surface area contributed by atoms with Gasteiger partial charge in [0.1, 0.15) is 11.6 Å². The van der Waals surface area contributed by atoms with Crippen LogP contribution in [0.3, 0.4) is 0 Å². The molecule has 1 aliphatic rings. The highest BCUT2D eigenvalue weighted by Gasteiger charge is 2.32. The number of aliphatic hydroxyl groups excluding tert-OH is 1. The van der Waals surface area contributed by atoms with Crippen LogP contribution in [0.4, 0.5) is 17.3 Å². The maximum Gasteiger partial charge on any atom is 0.268 e. The van der Waals surface area contributed by atoms with Crippen molar-refractivity contribution in [2.45, 2.75) is 45.6 Å². The molecule has 4 N–H and O–H groups in total. The first-order valence-corrected chi connectivity index (χ1v) is 10.0. The van der Waals surface area contributed by atoms with Gasteiger partial charge in [-0.15, -0.1) is 0 Å². The number of nitrogens with two attached hydrogens (primary N) is 1. The lowest BCUT2D eigenvalue weighted by molar-refractivity contribution is 0.0892. The highest BCUT2D eigenvalue weighted by Crippen LogP contribution is 2.37. The number of hydrogen-bond acceptors (Lipinski definition) is 6. The predicted molar refractivity (Wildman–Crippen MR) is 111 cm³/mol. The van der Waals surface area contributed by atoms with Crippen LogP contribution in [-0.4, -0.2) is 42.6 Å². The van der Waals surface area contributed by atoms with Crippen molar-refractivity contribution in [1.29, 1.82) is 0 Å². The summed E-state index contributed by atoms with van der Waals surface area (Å²) >= 11 is 0. The van der Waals surface area contributed by atoms with Crippen LogP contribution in [0, 0.1) is 19.4 Å². The van der Waals surface area contributed by atoms with Gasteiger partial charge in [0, 0.05) is 37.3 Å². The third-order valence-electron chi connectivity index (χ3n) is 5.82. The first kappa shape index (κ1) is 19.2. The summed E-state index contributed by atoms with van der Waals surface area (Å²) in [6, 6.07) is 2.31. The molecule has 3 heterocycles. The Balaban J connectivity index is 1.50. The molecule has 3 aromatic rings. The average molecular weight is 394 g/mol. The molecule has 0 spiro atoms. The minimum absolute atomic E-state index is 0.213. The zero-order chi connectivity index (χ0) is 20.5. The van der Waals surface area contributed by atoms with Crippen LogP contribution in [-0.2, 0) is 12.8 Å². The van der Waals surface area contributed by atoms with E-state index < -0.39 is 0 Å². The number of hydrogen-bond donors (Lipinski definition) is 3. The first-order valence-electron chi connectivity index (χ1n) is 10.0. The topological polar surface area (TPSA) is 111 Å². The Hall–Kier alpha value is -3.12. The van der Waals surface area contributed by atoms with Crippen molar-refractivity contribution in [3.63, 3.8) is 0 Å². The number of aromatic nitrogens is 5. The third-order valence-corrected chi connectivity index (χ3v) is 5.82. The highest BCUT2D eigenvalue weighted by atomic mass is 16.3. The molecule has 9 nitrogen and oxygen atoms in total. The van der Waals surface area contributed by atoms with Crippen LogP contribution in [0.15, 0.2) is 12.3 Å². The average Bonchev–Trinajstić information content (AvgIpc) is 3.25. The zero-order valence-electron chi connectivity index (χ0n) is 16.8. The monoisotopic (exact) mass is 394 g/mol. The molecule has 9 heteroatoms. The summed E-state index contributed by atoms with van der Waals surface area (Å²) in [4.78, 5) is 8.22. The second-order valence-electron chi connectivity index (χ2n) is 7.51. The van der Waals surface area contributed by atoms with Crippen molar-refractivity contribution in [1.82, 2.24) is 24.4 Å². The van der Waals surface area contributed by atoms with Gasteiger partial charge >= 0.3 is 0 Å². The van der Waals surface area contributed by atoms with Gasteiger partial charge in [0.25, 0.3) is 5.69 Å². The lowest BCUT2D eigenvalue weighted by atomic mass is 9.80. The number of aliphatic hydroxyl groups is 1. The van der Waals surface area contributed by atoms with Gasteiger partial charge < -0.3 is 16.2 Å². The number of nitrogens with zero attached hydrogens (tertiary/aromatic N) is 6. The molecular formula is C20H26N8O. The zero-order valence-corrected chi connectivity index (χ0v) is 16.8. The second kappa shape index (κ2) is 7.72. The van der Waals surface area contributed by atoms with E-state index in [1.165, 1.54) is 0 Å². The van der Waals surface area contributed by atoms with Gasteiger partial charge in [0.15, 0.2) is 5.65 Å². The van der Waals surface area contributed by atoms with E-state index in [4.69, 9.17) is 12.3 Å². The Bertz CT molecular complexity index is 1070. The summed E-state index contributed by atoms with van der Waals surface area (Å²) in [6.07, 6.45) is 5.60. The molecule has 152 valence electrons. The SMILES string of the molecule is [C-]#[N+]c1c(NCCc2ccn(C3CCC3CO)n2)nc2c(CC)c(C)nn2c1N. The molecule has 1 aliphatic carbocycles. The van der Waals surface area contributed by atoms with E-state index in [2.05, 4.69) is 32.3 Å². The summed E-state index contributed by atoms with van der Waals surface area (Å²) < 4.78 is 3.53. The number of anilines is 2. The smallest absolute Gasteiger partial charge is 0.268 e. The van der Waals surface area contributed by atoms with Crippen LogP contribution in [0.25, 0.3) is 10.5 Å². The molecule has 4 rings (SSSR count). The molecule has 0 bridgehead atoms. The molecule has 0 amide bonds. The van der Waals surface area contributed by atoms with Crippen LogP contribution < -0.4 is 11.1 Å². The maximum absolute atomic E-state index is 9.38. The van der Waals surface area contributed by atoms with Gasteiger partial charge in [-0.2, -0.15) is 10.2 Å². The van der Waals surface area contributed by atoms with Gasteiger partial charge in [-0.05, 0) is 32.3 Å². The number of nitrogens with one attached hydrogen (secondary N) is 1. The fourth-order valence-electron chi connectivity index (χ4n) is 3.98. The molecule has 1 fully saturated rings. The molecule has 0 radical (unpaired) electrons. The minimum atomic E-state index is 0.213. The van der Waals surface area contributed by atoms with Crippen molar-refractivity contribution >= 4 is 23.0 Å². The van der Waals surface area contributed by atoms with E-state index >= 15 is 0 Å². The number of aryl methyl sites for hydroxylation is 2. The number of nitrogen functional groups attached to an aromatic ring is 1. The Morgan fingerprint density at radius 1 is 1.38 bits per heavy atom. The Morgan fingerprint density at radius 2 is 2.21 bits per heavy atom. The van der Waals surface area contributed by atoms with E-state index in [0.717, 1.165) is 36.2 Å². The van der Waals surface area contributed by atoms with Gasteiger partial charge in [-0.3, -0.25) is 4.68 Å². The van der Waals surface area contributed by atoms with E-state index in [-0.39, 0.29) is 12.3 Å². The molecule has 1 saturated carbocycles. The van der Waals surface area contributed by atoms with E-state index in [0.29, 0.717) is 42.2 Å². The maximum atomic E-state index is 9.38. The van der Waals surface area contributed by atoms with E-state index in [1.807, 2.05) is 23.9 Å². The summed E-state index contributed by atoms with van der Waals surface area (Å²) in [5, 5.41) is 21.7. The first-order chi connectivity index (χ1) is 14.1. The lowest BCUT2D eigenvalue weighted by Gasteiger charge is -2.35. The summed E-state index contributed by atoms with van der Waals surface area (Å²) in [5.74, 6) is 1.10. The number of rotatable bonds is 7. The summed E-state index contributed by atoms with van der Waals surface area (Å²) in [6.45, 7) is 12.3. The second-order valence-corrected chi connectivity index (χ2v) is 7.51. The van der Waals surface area contributed by atoms with E-state index in [1.54, 1.807) is 4.52 Å². The molecular weight excluding hydrogens is 368 g/mol. The van der Waals surface area contributed by atoms with E-state index in [9.17, 15) is 5.11 Å². The van der Waals surface area contributed by atoms with Crippen molar-refractivity contribution in [3.05, 3.63) is 40.6 Å². The Kier molecular flexibility index (Phi) is 5.11. The van der Waals surface area contributed by atoms with Crippen molar-refractivity contribution in [2.75, 3.05) is 24.2 Å². The third kappa shape index (κ3) is 3.29. The summed E-state index contributed by atoms with van der Waals surface area (Å²) in [7, 11) is 0. The van der Waals surface area contributed by atoms with Crippen LogP contribution in [0.1, 0.15) is 42.8 Å². The van der Waals surface area contributed by atoms with Crippen molar-refractivity contribution < 1.29 is 5.11 Å². The molecule has 0 aliphatic heterocycles. The Labute approximate surface area is 169 Å².